The van der Waals surface area contributed by atoms with Crippen LogP contribution in [-0.2, 0) is 4.79 Å². The molecule has 2 aromatic carbocycles. The van der Waals surface area contributed by atoms with Gasteiger partial charge in [-0.05, 0) is 24.1 Å². The SMILES string of the molecule is C/C=C/C=C/C(=O)[O-].[K+].[Na+].[O-]c1ccccc1-c1ccccc1. The summed E-state index contributed by atoms with van der Waals surface area (Å²) in [5.41, 5.74) is 1.75. The first-order chi connectivity index (χ1) is 10.1. The minimum Gasteiger partial charge on any atom is -0.872 e. The van der Waals surface area contributed by atoms with Crippen LogP contribution in [0.2, 0.25) is 0 Å². The van der Waals surface area contributed by atoms with Crippen LogP contribution in [0.5, 0.6) is 5.75 Å². The van der Waals surface area contributed by atoms with Gasteiger partial charge in [0, 0.05) is 0 Å². The maximum Gasteiger partial charge on any atom is 1.00 e. The van der Waals surface area contributed by atoms with E-state index in [2.05, 4.69) is 0 Å². The molecule has 0 aliphatic carbocycles. The van der Waals surface area contributed by atoms with Crippen LogP contribution < -0.4 is 91.2 Å². The molecule has 2 rings (SSSR count). The van der Waals surface area contributed by atoms with E-state index in [-0.39, 0.29) is 86.7 Å². The molecule has 5 heteroatoms. The van der Waals surface area contributed by atoms with E-state index in [1.165, 1.54) is 6.08 Å². The Morgan fingerprint density at radius 3 is 2.04 bits per heavy atom. The molecule has 0 atom stereocenters. The largest absolute Gasteiger partial charge is 1.00 e. The number of carboxylic acid groups (broad SMARTS) is 1. The van der Waals surface area contributed by atoms with Gasteiger partial charge in [0.15, 0.2) is 0 Å². The summed E-state index contributed by atoms with van der Waals surface area (Å²) < 4.78 is 0. The van der Waals surface area contributed by atoms with Gasteiger partial charge in [-0.25, -0.2) is 0 Å². The minimum atomic E-state index is -1.16. The molecule has 0 saturated carbocycles. The third-order valence-corrected chi connectivity index (χ3v) is 2.51. The first-order valence-corrected chi connectivity index (χ1v) is 6.47. The van der Waals surface area contributed by atoms with Crippen molar-refractivity contribution in [3.8, 4) is 16.9 Å². The van der Waals surface area contributed by atoms with Crippen molar-refractivity contribution in [1.29, 1.82) is 0 Å². The zero-order chi connectivity index (χ0) is 15.5. The van der Waals surface area contributed by atoms with Gasteiger partial charge in [0.05, 0.1) is 5.97 Å². The second-order valence-corrected chi connectivity index (χ2v) is 4.07. The fraction of sp³-hybridized carbons (Fsp3) is 0.0556. The molecule has 0 amide bonds. The number of hydrogen-bond acceptors (Lipinski definition) is 3. The van der Waals surface area contributed by atoms with Crippen LogP contribution in [0.4, 0.5) is 0 Å². The number of rotatable bonds is 3. The van der Waals surface area contributed by atoms with E-state index in [4.69, 9.17) is 0 Å². The van der Waals surface area contributed by atoms with Gasteiger partial charge in [-0.2, -0.15) is 0 Å². The summed E-state index contributed by atoms with van der Waals surface area (Å²) >= 11 is 0. The minimum absolute atomic E-state index is 0. The third-order valence-electron chi connectivity index (χ3n) is 2.51. The monoisotopic (exact) mass is 342 g/mol. The molecule has 0 radical (unpaired) electrons. The second kappa shape index (κ2) is 15.4. The van der Waals surface area contributed by atoms with Crippen molar-refractivity contribution in [1.82, 2.24) is 0 Å². The van der Waals surface area contributed by atoms with Crippen molar-refractivity contribution in [2.75, 3.05) is 0 Å². The van der Waals surface area contributed by atoms with E-state index in [1.54, 1.807) is 31.2 Å². The molecule has 0 spiro atoms. The second-order valence-electron chi connectivity index (χ2n) is 4.07. The normalized spacial score (nSPS) is 9.43. The van der Waals surface area contributed by atoms with E-state index in [1.807, 2.05) is 42.5 Å². The molecule has 108 valence electrons. The van der Waals surface area contributed by atoms with E-state index in [0.717, 1.165) is 17.2 Å². The van der Waals surface area contributed by atoms with Crippen LogP contribution in [-0.4, -0.2) is 5.97 Å². The molecular formula is C18H16KNaO3. The molecule has 0 bridgehead atoms. The number of allylic oxidation sites excluding steroid dienone is 3. The molecule has 0 aromatic heterocycles. The fourth-order valence-corrected chi connectivity index (χ4v) is 1.57. The van der Waals surface area contributed by atoms with Gasteiger partial charge in [-0.1, -0.05) is 72.8 Å². The average Bonchev–Trinajstić information content (AvgIpc) is 2.49. The summed E-state index contributed by atoms with van der Waals surface area (Å²) in [6.07, 6.45) is 5.74. The number of aliphatic carboxylic acids is 1. The third kappa shape index (κ3) is 11.1. The van der Waals surface area contributed by atoms with Crippen molar-refractivity contribution in [3.63, 3.8) is 0 Å². The molecule has 0 N–H and O–H groups in total. The Bertz CT molecular complexity index is 625. The molecule has 0 fully saturated rings. The van der Waals surface area contributed by atoms with Gasteiger partial charge in [0.1, 0.15) is 0 Å². The molecule has 0 aliphatic heterocycles. The molecule has 0 unspecified atom stereocenters. The molecule has 0 aliphatic rings. The van der Waals surface area contributed by atoms with Crippen LogP contribution in [0.1, 0.15) is 6.92 Å². The maximum atomic E-state index is 11.4. The van der Waals surface area contributed by atoms with Crippen LogP contribution >= 0.6 is 0 Å². The zero-order valence-corrected chi connectivity index (χ0v) is 18.9. The smallest absolute Gasteiger partial charge is 0.872 e. The van der Waals surface area contributed by atoms with Crippen LogP contribution in [0.15, 0.2) is 78.9 Å². The summed E-state index contributed by atoms with van der Waals surface area (Å²) in [6.45, 7) is 1.81. The van der Waals surface area contributed by atoms with Crippen molar-refractivity contribution in [3.05, 3.63) is 78.9 Å². The van der Waals surface area contributed by atoms with Crippen molar-refractivity contribution >= 4 is 5.97 Å². The summed E-state index contributed by atoms with van der Waals surface area (Å²) in [6, 6.07) is 16.8. The first-order valence-electron chi connectivity index (χ1n) is 6.47. The van der Waals surface area contributed by atoms with Crippen LogP contribution in [0.25, 0.3) is 11.1 Å². The Hall–Kier alpha value is -0.174. The van der Waals surface area contributed by atoms with Crippen molar-refractivity contribution in [2.24, 2.45) is 0 Å². The Kier molecular flexibility index (Phi) is 16.7. The summed E-state index contributed by atoms with van der Waals surface area (Å²) in [5, 5.41) is 21.1. The van der Waals surface area contributed by atoms with Crippen LogP contribution in [0.3, 0.4) is 0 Å². The average molecular weight is 342 g/mol. The number of benzene rings is 2. The van der Waals surface area contributed by atoms with Crippen molar-refractivity contribution < 1.29 is 95.9 Å². The van der Waals surface area contributed by atoms with E-state index in [9.17, 15) is 15.0 Å². The number of para-hydroxylation sites is 1. The van der Waals surface area contributed by atoms with Gasteiger partial charge < -0.3 is 15.0 Å². The van der Waals surface area contributed by atoms with Gasteiger partial charge in [0.2, 0.25) is 0 Å². The van der Waals surface area contributed by atoms with E-state index < -0.39 is 5.97 Å². The number of hydrogen-bond donors (Lipinski definition) is 0. The Balaban J connectivity index is 0. The summed E-state index contributed by atoms with van der Waals surface area (Å²) in [7, 11) is 0. The topological polar surface area (TPSA) is 63.2 Å². The van der Waals surface area contributed by atoms with Crippen molar-refractivity contribution in [2.45, 2.75) is 6.92 Å². The predicted molar refractivity (Wildman–Crippen MR) is 80.3 cm³/mol. The quantitative estimate of drug-likeness (QED) is 0.328. The van der Waals surface area contributed by atoms with Crippen LogP contribution in [0, 0.1) is 0 Å². The Labute approximate surface area is 201 Å². The van der Waals surface area contributed by atoms with Gasteiger partial charge in [0.25, 0.3) is 0 Å². The number of carbonyl (C=O) groups excluding carboxylic acids is 1. The zero-order valence-electron chi connectivity index (χ0n) is 13.7. The number of carbonyl (C=O) groups is 1. The number of carboxylic acids is 1. The van der Waals surface area contributed by atoms with Gasteiger partial charge in [-0.15, -0.1) is 5.75 Å². The summed E-state index contributed by atoms with van der Waals surface area (Å²) in [4.78, 5) is 9.64. The van der Waals surface area contributed by atoms with E-state index >= 15 is 0 Å². The Morgan fingerprint density at radius 1 is 0.957 bits per heavy atom. The molecular weight excluding hydrogens is 326 g/mol. The Morgan fingerprint density at radius 2 is 1.52 bits per heavy atom. The molecule has 2 aromatic rings. The summed E-state index contributed by atoms with van der Waals surface area (Å²) in [5.74, 6) is -1.09. The molecule has 0 saturated heterocycles. The molecule has 3 nitrogen and oxygen atoms in total. The predicted octanol–water partition coefficient (Wildman–Crippen LogP) is -3.70. The van der Waals surface area contributed by atoms with E-state index in [0.29, 0.717) is 0 Å². The van der Waals surface area contributed by atoms with Gasteiger partial charge >= 0.3 is 80.9 Å². The molecule has 23 heavy (non-hydrogen) atoms. The maximum absolute atomic E-state index is 11.4. The fourth-order valence-electron chi connectivity index (χ4n) is 1.57. The first kappa shape index (κ1) is 25.1. The molecule has 0 heterocycles. The van der Waals surface area contributed by atoms with Gasteiger partial charge in [-0.3, -0.25) is 0 Å². The standard InChI is InChI=1S/C12H10O.C6H8O2.K.Na/c13-12-9-5-4-8-11(12)10-6-2-1-3-7-10;1-2-3-4-5-6(7)8;;/h1-9,13H;2-5H,1H3,(H,7,8);;/q;;2*+1/p-2/b;3-2+,5-4+;;.